The first-order valence-electron chi connectivity index (χ1n) is 5.48. The molecule has 1 aromatic rings. The third-order valence-corrected chi connectivity index (χ3v) is 2.31. The Kier molecular flexibility index (Phi) is 5.41. The third kappa shape index (κ3) is 4.60. The molecule has 0 aliphatic rings. The number of carbonyl (C=O) groups is 1. The highest BCUT2D eigenvalue weighted by atomic mass is 16.5. The van der Waals surface area contributed by atoms with E-state index in [9.17, 15) is 9.90 Å². The van der Waals surface area contributed by atoms with Crippen LogP contribution >= 0.6 is 0 Å². The molecule has 0 spiro atoms. The number of phenols is 2. The highest BCUT2D eigenvalue weighted by Crippen LogP contribution is 2.23. The predicted molar refractivity (Wildman–Crippen MR) is 62.1 cm³/mol. The van der Waals surface area contributed by atoms with E-state index in [1.165, 1.54) is 18.2 Å². The van der Waals surface area contributed by atoms with Gasteiger partial charge < -0.3 is 25.2 Å². The van der Waals surface area contributed by atoms with E-state index >= 15 is 0 Å². The largest absolute Gasteiger partial charge is 0.508 e. The Hall–Kier alpha value is -1.79. The molecule has 0 aliphatic heterocycles. The number of hydrogen-bond acceptors (Lipinski definition) is 6. The Bertz CT molecular complexity index is 404. The molecule has 0 saturated heterocycles. The van der Waals surface area contributed by atoms with Crippen molar-refractivity contribution in [2.24, 2.45) is 0 Å². The molecule has 0 amide bonds. The second-order valence-electron chi connectivity index (χ2n) is 3.83. The zero-order chi connectivity index (χ0) is 13.5. The van der Waals surface area contributed by atoms with E-state index in [0.29, 0.717) is 5.56 Å². The van der Waals surface area contributed by atoms with Gasteiger partial charge in [0.1, 0.15) is 24.2 Å². The van der Waals surface area contributed by atoms with Crippen LogP contribution in [0.25, 0.3) is 0 Å². The average Bonchev–Trinajstić information content (AvgIpc) is 2.34. The highest BCUT2D eigenvalue weighted by Gasteiger charge is 2.09. The Morgan fingerprint density at radius 3 is 2.67 bits per heavy atom. The quantitative estimate of drug-likeness (QED) is 0.531. The molecule has 18 heavy (non-hydrogen) atoms. The van der Waals surface area contributed by atoms with Gasteiger partial charge in [0.2, 0.25) is 0 Å². The van der Waals surface area contributed by atoms with Gasteiger partial charge in [-0.15, -0.1) is 0 Å². The maximum Gasteiger partial charge on any atom is 0.306 e. The van der Waals surface area contributed by atoms with Gasteiger partial charge in [-0.25, -0.2) is 0 Å². The summed E-state index contributed by atoms with van der Waals surface area (Å²) < 4.78 is 4.70. The minimum atomic E-state index is -1.07. The molecule has 0 radical (unpaired) electrons. The Balaban J connectivity index is 2.38. The topological polar surface area (TPSA) is 107 Å². The summed E-state index contributed by atoms with van der Waals surface area (Å²) in [4.78, 5) is 11.3. The number of rotatable bonds is 6. The number of aliphatic hydroxyl groups excluding tert-OH is 2. The number of hydrogen-bond donors (Lipinski definition) is 4. The molecule has 0 fully saturated rings. The van der Waals surface area contributed by atoms with Crippen molar-refractivity contribution in [1.82, 2.24) is 0 Å². The molecule has 0 aromatic heterocycles. The summed E-state index contributed by atoms with van der Waals surface area (Å²) >= 11 is 0. The molecule has 4 N–H and O–H groups in total. The van der Waals surface area contributed by atoms with E-state index in [0.717, 1.165) is 0 Å². The molecule has 0 bridgehead atoms. The smallest absolute Gasteiger partial charge is 0.306 e. The average molecular weight is 256 g/mol. The number of aliphatic hydroxyl groups is 2. The van der Waals surface area contributed by atoms with Gasteiger partial charge >= 0.3 is 5.97 Å². The molecule has 1 rings (SSSR count). The lowest BCUT2D eigenvalue weighted by Crippen LogP contribution is -2.22. The fourth-order valence-electron chi connectivity index (χ4n) is 1.31. The van der Waals surface area contributed by atoms with Crippen LogP contribution < -0.4 is 0 Å². The van der Waals surface area contributed by atoms with Crippen molar-refractivity contribution < 1.29 is 30.0 Å². The van der Waals surface area contributed by atoms with E-state index < -0.39 is 18.7 Å². The van der Waals surface area contributed by atoms with Gasteiger partial charge in [-0.2, -0.15) is 0 Å². The van der Waals surface area contributed by atoms with Crippen molar-refractivity contribution in [2.45, 2.75) is 18.9 Å². The van der Waals surface area contributed by atoms with Crippen LogP contribution in [0.15, 0.2) is 18.2 Å². The zero-order valence-electron chi connectivity index (χ0n) is 9.74. The van der Waals surface area contributed by atoms with Gasteiger partial charge in [0, 0.05) is 12.5 Å². The van der Waals surface area contributed by atoms with Gasteiger partial charge in [0.25, 0.3) is 0 Å². The first-order valence-corrected chi connectivity index (χ1v) is 5.48. The van der Waals surface area contributed by atoms with Gasteiger partial charge in [0.15, 0.2) is 0 Å². The summed E-state index contributed by atoms with van der Waals surface area (Å²) in [6, 6.07) is 4.12. The zero-order valence-corrected chi connectivity index (χ0v) is 9.74. The van der Waals surface area contributed by atoms with Crippen molar-refractivity contribution in [3.05, 3.63) is 23.8 Å². The van der Waals surface area contributed by atoms with E-state index in [1.54, 1.807) is 0 Å². The summed E-state index contributed by atoms with van der Waals surface area (Å²) in [5.74, 6) is -0.668. The van der Waals surface area contributed by atoms with Crippen molar-refractivity contribution in [1.29, 1.82) is 0 Å². The summed E-state index contributed by atoms with van der Waals surface area (Å²) in [6.07, 6.45) is -0.771. The lowest BCUT2D eigenvalue weighted by molar-refractivity contribution is -0.147. The normalized spacial score (nSPS) is 12.1. The molecule has 6 nitrogen and oxygen atoms in total. The van der Waals surface area contributed by atoms with Crippen LogP contribution in [-0.4, -0.2) is 45.7 Å². The highest BCUT2D eigenvalue weighted by molar-refractivity contribution is 5.69. The Labute approximate surface area is 104 Å². The van der Waals surface area contributed by atoms with Crippen LogP contribution in [0.1, 0.15) is 12.0 Å². The minimum absolute atomic E-state index is 0.0382. The standard InChI is InChI=1S/C12H16O6/c13-6-10(15)7-18-12(17)4-2-8-1-3-9(14)5-11(8)16/h1,3,5,10,13-16H,2,4,6-7H2. The van der Waals surface area contributed by atoms with Crippen molar-refractivity contribution in [2.75, 3.05) is 13.2 Å². The first-order chi connectivity index (χ1) is 8.52. The second-order valence-corrected chi connectivity index (χ2v) is 3.83. The summed E-state index contributed by atoms with van der Waals surface area (Å²) in [5, 5.41) is 36.1. The number of esters is 1. The van der Waals surface area contributed by atoms with E-state index in [2.05, 4.69) is 0 Å². The Morgan fingerprint density at radius 1 is 1.33 bits per heavy atom. The van der Waals surface area contributed by atoms with E-state index in [4.69, 9.17) is 20.1 Å². The molecule has 0 heterocycles. The SMILES string of the molecule is O=C(CCc1ccc(O)cc1O)OCC(O)CO. The number of phenolic OH excluding ortho intramolecular Hbond substituents is 2. The van der Waals surface area contributed by atoms with Crippen LogP contribution in [0.5, 0.6) is 11.5 Å². The van der Waals surface area contributed by atoms with Crippen molar-refractivity contribution in [3.63, 3.8) is 0 Å². The molecule has 0 saturated carbocycles. The summed E-state index contributed by atoms with van der Waals surface area (Å²) in [5.41, 5.74) is 0.521. The number of aromatic hydroxyl groups is 2. The monoisotopic (exact) mass is 256 g/mol. The molecular weight excluding hydrogens is 240 g/mol. The second kappa shape index (κ2) is 6.83. The van der Waals surface area contributed by atoms with Crippen LogP contribution in [0.2, 0.25) is 0 Å². The number of carbonyl (C=O) groups excluding carboxylic acids is 1. The van der Waals surface area contributed by atoms with Gasteiger partial charge in [0.05, 0.1) is 6.61 Å². The molecule has 1 atom stereocenters. The van der Waals surface area contributed by atoms with Crippen LogP contribution in [-0.2, 0) is 16.0 Å². The number of ether oxygens (including phenoxy) is 1. The van der Waals surface area contributed by atoms with Gasteiger partial charge in [-0.3, -0.25) is 4.79 Å². The maximum absolute atomic E-state index is 11.3. The maximum atomic E-state index is 11.3. The van der Waals surface area contributed by atoms with Crippen LogP contribution in [0.4, 0.5) is 0 Å². The van der Waals surface area contributed by atoms with Crippen molar-refractivity contribution in [3.8, 4) is 11.5 Å². The van der Waals surface area contributed by atoms with Crippen LogP contribution in [0.3, 0.4) is 0 Å². The Morgan fingerprint density at radius 2 is 2.06 bits per heavy atom. The van der Waals surface area contributed by atoms with E-state index in [-0.39, 0.29) is 30.9 Å². The molecule has 1 unspecified atom stereocenters. The van der Waals surface area contributed by atoms with Crippen LogP contribution in [0, 0.1) is 0 Å². The molecular formula is C12H16O6. The fourth-order valence-corrected chi connectivity index (χ4v) is 1.31. The van der Waals surface area contributed by atoms with Gasteiger partial charge in [-0.05, 0) is 18.1 Å². The number of aryl methyl sites for hydroxylation is 1. The minimum Gasteiger partial charge on any atom is -0.508 e. The summed E-state index contributed by atoms with van der Waals surface area (Å²) in [7, 11) is 0. The first kappa shape index (κ1) is 14.3. The molecule has 0 aliphatic carbocycles. The summed E-state index contributed by atoms with van der Waals surface area (Å²) in [6.45, 7) is -0.719. The van der Waals surface area contributed by atoms with Crippen molar-refractivity contribution >= 4 is 5.97 Å². The molecule has 1 aromatic carbocycles. The lowest BCUT2D eigenvalue weighted by atomic mass is 10.1. The third-order valence-electron chi connectivity index (χ3n) is 2.31. The van der Waals surface area contributed by atoms with Gasteiger partial charge in [-0.1, -0.05) is 6.07 Å². The number of benzene rings is 1. The predicted octanol–water partition coefficient (Wildman–Crippen LogP) is -0.0732. The van der Waals surface area contributed by atoms with E-state index in [1.807, 2.05) is 0 Å². The molecule has 100 valence electrons. The fraction of sp³-hybridized carbons (Fsp3) is 0.417. The lowest BCUT2D eigenvalue weighted by Gasteiger charge is -2.09. The molecule has 6 heteroatoms.